The van der Waals surface area contributed by atoms with Crippen molar-refractivity contribution in [3.8, 4) is 0 Å². The Labute approximate surface area is 86.2 Å². The van der Waals surface area contributed by atoms with Gasteiger partial charge in [0.25, 0.3) is 0 Å². The van der Waals surface area contributed by atoms with Crippen molar-refractivity contribution in [1.82, 2.24) is 4.72 Å². The van der Waals surface area contributed by atoms with Gasteiger partial charge >= 0.3 is 0 Å². The van der Waals surface area contributed by atoms with Crippen LogP contribution in [-0.2, 0) is 6.54 Å². The molecule has 1 aromatic carbocycles. The predicted molar refractivity (Wildman–Crippen MR) is 59.2 cm³/mol. The first-order valence-corrected chi connectivity index (χ1v) is 5.76. The van der Waals surface area contributed by atoms with E-state index in [2.05, 4.69) is 45.8 Å². The van der Waals surface area contributed by atoms with Crippen molar-refractivity contribution in [1.29, 1.82) is 0 Å². The van der Waals surface area contributed by atoms with E-state index >= 15 is 0 Å². The van der Waals surface area contributed by atoms with E-state index in [1.165, 1.54) is 11.1 Å². The van der Waals surface area contributed by atoms with Crippen LogP contribution in [0, 0.1) is 6.92 Å². The molecule has 0 aliphatic carbocycles. The molecule has 0 unspecified atom stereocenters. The second-order valence-corrected chi connectivity index (χ2v) is 4.21. The standard InChI is InChI=1S/C9H12BrNS/c1-7-5-9(10)4-3-8(7)6-11-12-2/h3-5,11H,6H2,1-2H3. The van der Waals surface area contributed by atoms with Crippen molar-refractivity contribution >= 4 is 27.9 Å². The van der Waals surface area contributed by atoms with Gasteiger partial charge in [-0.3, -0.25) is 4.72 Å². The van der Waals surface area contributed by atoms with Crippen molar-refractivity contribution in [2.75, 3.05) is 6.26 Å². The Hall–Kier alpha value is 0.01000. The highest BCUT2D eigenvalue weighted by Gasteiger charge is 1.97. The summed E-state index contributed by atoms with van der Waals surface area (Å²) in [5.74, 6) is 0. The average Bonchev–Trinajstić information content (AvgIpc) is 2.03. The van der Waals surface area contributed by atoms with E-state index in [0.717, 1.165) is 11.0 Å². The van der Waals surface area contributed by atoms with Gasteiger partial charge in [0.1, 0.15) is 0 Å². The topological polar surface area (TPSA) is 12.0 Å². The second kappa shape index (κ2) is 4.90. The minimum absolute atomic E-state index is 0.931. The molecule has 0 spiro atoms. The van der Waals surface area contributed by atoms with Crippen LogP contribution in [-0.4, -0.2) is 6.26 Å². The van der Waals surface area contributed by atoms with E-state index in [1.807, 2.05) is 6.26 Å². The monoisotopic (exact) mass is 245 g/mol. The molecule has 0 aromatic heterocycles. The van der Waals surface area contributed by atoms with E-state index in [4.69, 9.17) is 0 Å². The van der Waals surface area contributed by atoms with Crippen molar-refractivity contribution in [2.45, 2.75) is 13.5 Å². The van der Waals surface area contributed by atoms with Gasteiger partial charge in [-0.25, -0.2) is 0 Å². The Balaban J connectivity index is 2.72. The summed E-state index contributed by atoms with van der Waals surface area (Å²) in [5.41, 5.74) is 2.68. The van der Waals surface area contributed by atoms with Gasteiger partial charge in [0.05, 0.1) is 0 Å². The number of rotatable bonds is 3. The molecule has 12 heavy (non-hydrogen) atoms. The highest BCUT2D eigenvalue weighted by molar-refractivity contribution is 9.10. The predicted octanol–water partition coefficient (Wildman–Crippen LogP) is 3.13. The molecule has 0 saturated heterocycles. The van der Waals surface area contributed by atoms with Crippen LogP contribution in [0.4, 0.5) is 0 Å². The van der Waals surface area contributed by atoms with Crippen molar-refractivity contribution in [3.63, 3.8) is 0 Å². The Bertz CT molecular complexity index is 263. The third-order valence-electron chi connectivity index (χ3n) is 1.71. The molecule has 0 saturated carbocycles. The molecular formula is C9H12BrNS. The molecule has 0 amide bonds. The fourth-order valence-corrected chi connectivity index (χ4v) is 1.78. The van der Waals surface area contributed by atoms with E-state index in [9.17, 15) is 0 Å². The largest absolute Gasteiger partial charge is 0.260 e. The zero-order chi connectivity index (χ0) is 8.97. The highest BCUT2D eigenvalue weighted by atomic mass is 79.9. The summed E-state index contributed by atoms with van der Waals surface area (Å²) >= 11 is 5.09. The molecule has 0 atom stereocenters. The van der Waals surface area contributed by atoms with Crippen LogP contribution in [0.25, 0.3) is 0 Å². The van der Waals surface area contributed by atoms with Crippen LogP contribution in [0.2, 0.25) is 0 Å². The first-order chi connectivity index (χ1) is 5.74. The minimum atomic E-state index is 0.931. The lowest BCUT2D eigenvalue weighted by atomic mass is 10.1. The Kier molecular flexibility index (Phi) is 4.12. The van der Waals surface area contributed by atoms with Gasteiger partial charge in [-0.05, 0) is 36.4 Å². The van der Waals surface area contributed by atoms with E-state index in [-0.39, 0.29) is 0 Å². The van der Waals surface area contributed by atoms with Crippen LogP contribution < -0.4 is 4.72 Å². The summed E-state index contributed by atoms with van der Waals surface area (Å²) in [6.07, 6.45) is 2.04. The first kappa shape index (κ1) is 10.1. The third kappa shape index (κ3) is 2.81. The number of hydrogen-bond donors (Lipinski definition) is 1. The smallest absolute Gasteiger partial charge is 0.0312 e. The summed E-state index contributed by atoms with van der Waals surface area (Å²) in [7, 11) is 0. The molecule has 1 nitrogen and oxygen atoms in total. The van der Waals surface area contributed by atoms with Gasteiger partial charge < -0.3 is 0 Å². The molecule has 0 heterocycles. The van der Waals surface area contributed by atoms with Crippen molar-refractivity contribution < 1.29 is 0 Å². The lowest BCUT2D eigenvalue weighted by molar-refractivity contribution is 0.965. The Morgan fingerprint density at radius 2 is 2.25 bits per heavy atom. The lowest BCUT2D eigenvalue weighted by Crippen LogP contribution is -2.03. The number of halogens is 1. The van der Waals surface area contributed by atoms with Crippen LogP contribution in [0.15, 0.2) is 22.7 Å². The molecule has 0 aliphatic heterocycles. The molecule has 0 radical (unpaired) electrons. The normalized spacial score (nSPS) is 10.2. The SMILES string of the molecule is CSNCc1ccc(Br)cc1C. The minimum Gasteiger partial charge on any atom is -0.260 e. The van der Waals surface area contributed by atoms with Crippen LogP contribution in [0.5, 0.6) is 0 Å². The molecule has 0 aliphatic rings. The molecular weight excluding hydrogens is 234 g/mol. The number of hydrogen-bond acceptors (Lipinski definition) is 2. The van der Waals surface area contributed by atoms with Crippen molar-refractivity contribution in [3.05, 3.63) is 33.8 Å². The summed E-state index contributed by atoms with van der Waals surface area (Å²) in [4.78, 5) is 0. The molecule has 3 heteroatoms. The third-order valence-corrected chi connectivity index (χ3v) is 2.64. The fourth-order valence-electron chi connectivity index (χ4n) is 1.01. The van der Waals surface area contributed by atoms with Gasteiger partial charge in [0.2, 0.25) is 0 Å². The molecule has 66 valence electrons. The van der Waals surface area contributed by atoms with E-state index < -0.39 is 0 Å². The maximum Gasteiger partial charge on any atom is 0.0312 e. The molecule has 1 rings (SSSR count). The first-order valence-electron chi connectivity index (χ1n) is 3.75. The van der Waals surface area contributed by atoms with Crippen LogP contribution in [0.1, 0.15) is 11.1 Å². The summed E-state index contributed by atoms with van der Waals surface area (Å²) in [6.45, 7) is 3.06. The van der Waals surface area contributed by atoms with Crippen LogP contribution in [0.3, 0.4) is 0 Å². The zero-order valence-corrected chi connectivity index (χ0v) is 9.63. The summed E-state index contributed by atoms with van der Waals surface area (Å²) in [5, 5.41) is 0. The second-order valence-electron chi connectivity index (χ2n) is 2.60. The molecule has 1 N–H and O–H groups in total. The Morgan fingerprint density at radius 1 is 1.50 bits per heavy atom. The van der Waals surface area contributed by atoms with Crippen LogP contribution >= 0.6 is 27.9 Å². The summed E-state index contributed by atoms with van der Waals surface area (Å²) in [6, 6.07) is 6.35. The summed E-state index contributed by atoms with van der Waals surface area (Å²) < 4.78 is 4.37. The number of aryl methyl sites for hydroxylation is 1. The van der Waals surface area contributed by atoms with Gasteiger partial charge in [0, 0.05) is 11.0 Å². The fraction of sp³-hybridized carbons (Fsp3) is 0.333. The Morgan fingerprint density at radius 3 is 2.83 bits per heavy atom. The van der Waals surface area contributed by atoms with E-state index in [0.29, 0.717) is 0 Å². The quantitative estimate of drug-likeness (QED) is 0.822. The lowest BCUT2D eigenvalue weighted by Gasteiger charge is -2.05. The molecule has 1 aromatic rings. The maximum atomic E-state index is 3.44. The van der Waals surface area contributed by atoms with E-state index in [1.54, 1.807) is 11.9 Å². The van der Waals surface area contributed by atoms with Gasteiger partial charge in [-0.1, -0.05) is 33.9 Å². The zero-order valence-electron chi connectivity index (χ0n) is 7.23. The molecule has 0 bridgehead atoms. The van der Waals surface area contributed by atoms with Crippen molar-refractivity contribution in [2.24, 2.45) is 0 Å². The highest BCUT2D eigenvalue weighted by Crippen LogP contribution is 2.15. The maximum absolute atomic E-state index is 3.44. The average molecular weight is 246 g/mol. The van der Waals surface area contributed by atoms with Gasteiger partial charge in [-0.15, -0.1) is 0 Å². The molecule has 0 fully saturated rings. The number of nitrogens with one attached hydrogen (secondary N) is 1. The van der Waals surface area contributed by atoms with Gasteiger partial charge in [-0.2, -0.15) is 0 Å². The van der Waals surface area contributed by atoms with Gasteiger partial charge in [0.15, 0.2) is 0 Å². The number of benzene rings is 1.